The van der Waals surface area contributed by atoms with Gasteiger partial charge < -0.3 is 9.47 Å². The van der Waals surface area contributed by atoms with Crippen molar-refractivity contribution in [3.05, 3.63) is 34.9 Å². The van der Waals surface area contributed by atoms with Crippen LogP contribution in [0.25, 0.3) is 0 Å². The second kappa shape index (κ2) is 15.0. The third-order valence-electron chi connectivity index (χ3n) is 8.16. The predicted molar refractivity (Wildman–Crippen MR) is 142 cm³/mol. The topological polar surface area (TPSA) is 76.4 Å². The van der Waals surface area contributed by atoms with Crippen LogP contribution in [0.15, 0.2) is 18.2 Å². The van der Waals surface area contributed by atoms with Crippen molar-refractivity contribution >= 4 is 11.9 Å². The highest BCUT2D eigenvalue weighted by molar-refractivity contribution is 5.96. The number of carbonyl (C=O) groups excluding carboxylic acids is 2. The van der Waals surface area contributed by atoms with Gasteiger partial charge in [0, 0.05) is 0 Å². The van der Waals surface area contributed by atoms with E-state index in [-0.39, 0.29) is 23.3 Å². The summed E-state index contributed by atoms with van der Waals surface area (Å²) in [5.41, 5.74) is 0.717. The third-order valence-corrected chi connectivity index (χ3v) is 8.16. The molecule has 0 spiro atoms. The molecular formula is C31H45NO4. The minimum Gasteiger partial charge on any atom is -0.459 e. The molecule has 0 bridgehead atoms. The van der Waals surface area contributed by atoms with E-state index in [1.807, 2.05) is 0 Å². The third kappa shape index (κ3) is 8.64. The zero-order valence-corrected chi connectivity index (χ0v) is 22.4. The van der Waals surface area contributed by atoms with Gasteiger partial charge in [0.2, 0.25) is 0 Å². The molecule has 1 aromatic carbocycles. The Morgan fingerprint density at radius 1 is 0.778 bits per heavy atom. The van der Waals surface area contributed by atoms with Crippen LogP contribution in [0.5, 0.6) is 0 Å². The molecule has 1 aromatic rings. The first-order valence-electron chi connectivity index (χ1n) is 14.5. The smallest absolute Gasteiger partial charge is 0.339 e. The molecule has 0 aromatic heterocycles. The molecule has 0 unspecified atom stereocenters. The van der Waals surface area contributed by atoms with Crippen LogP contribution in [0.1, 0.15) is 143 Å². The Morgan fingerprint density at radius 3 is 1.75 bits per heavy atom. The van der Waals surface area contributed by atoms with E-state index in [9.17, 15) is 14.9 Å². The standard InChI is InChI=1S/C31H45NO4/c1-3-5-7-9-23-11-16-27(17-12-23)35-30(33)25-15-20-29(26(21-25)22-32)31(34)36-28-18-13-24(14-19-28)10-8-6-4-2/h15,20-21,23-24,27-28H,3-14,16-19H2,1-2H3/t23-,24-,27-,28-. The van der Waals surface area contributed by atoms with Crippen molar-refractivity contribution in [2.75, 3.05) is 0 Å². The van der Waals surface area contributed by atoms with Gasteiger partial charge in [0.15, 0.2) is 0 Å². The van der Waals surface area contributed by atoms with Crippen molar-refractivity contribution in [3.63, 3.8) is 0 Å². The van der Waals surface area contributed by atoms with Gasteiger partial charge in [-0.1, -0.05) is 65.2 Å². The van der Waals surface area contributed by atoms with Crippen LogP contribution < -0.4 is 0 Å². The lowest BCUT2D eigenvalue weighted by atomic mass is 9.84. The largest absolute Gasteiger partial charge is 0.459 e. The van der Waals surface area contributed by atoms with Crippen molar-refractivity contribution < 1.29 is 19.1 Å². The van der Waals surface area contributed by atoms with Crippen molar-refractivity contribution in [2.24, 2.45) is 11.8 Å². The van der Waals surface area contributed by atoms with Crippen LogP contribution in [-0.2, 0) is 9.47 Å². The van der Waals surface area contributed by atoms with E-state index < -0.39 is 11.9 Å². The summed E-state index contributed by atoms with van der Waals surface area (Å²) in [6.45, 7) is 4.45. The first-order valence-corrected chi connectivity index (χ1v) is 14.5. The van der Waals surface area contributed by atoms with E-state index >= 15 is 0 Å². The van der Waals surface area contributed by atoms with Crippen molar-refractivity contribution in [3.8, 4) is 6.07 Å². The van der Waals surface area contributed by atoms with Gasteiger partial charge in [-0.3, -0.25) is 0 Å². The summed E-state index contributed by atoms with van der Waals surface area (Å²) in [5, 5.41) is 9.65. The maximum atomic E-state index is 12.8. The van der Waals surface area contributed by atoms with Gasteiger partial charge in [-0.15, -0.1) is 0 Å². The van der Waals surface area contributed by atoms with Gasteiger partial charge in [-0.2, -0.15) is 5.26 Å². The minimum atomic E-state index is -0.470. The summed E-state index contributed by atoms with van der Waals surface area (Å²) in [5.74, 6) is 0.602. The monoisotopic (exact) mass is 495 g/mol. The number of hydrogen-bond acceptors (Lipinski definition) is 5. The number of benzene rings is 1. The van der Waals surface area contributed by atoms with E-state index in [1.165, 1.54) is 57.4 Å². The number of unbranched alkanes of at least 4 members (excludes halogenated alkanes) is 4. The fourth-order valence-electron chi connectivity index (χ4n) is 5.82. The number of hydrogen-bond donors (Lipinski definition) is 0. The molecule has 2 fully saturated rings. The van der Waals surface area contributed by atoms with E-state index in [0.29, 0.717) is 5.56 Å². The zero-order chi connectivity index (χ0) is 25.8. The van der Waals surface area contributed by atoms with Gasteiger partial charge in [0.1, 0.15) is 18.3 Å². The van der Waals surface area contributed by atoms with Gasteiger partial charge in [0.25, 0.3) is 0 Å². The number of carbonyl (C=O) groups is 2. The first-order chi connectivity index (χ1) is 17.5. The Bertz CT molecular complexity index is 873. The summed E-state index contributed by atoms with van der Waals surface area (Å²) in [6.07, 6.45) is 18.0. The summed E-state index contributed by atoms with van der Waals surface area (Å²) in [4.78, 5) is 25.6. The van der Waals surface area contributed by atoms with Gasteiger partial charge in [-0.25, -0.2) is 9.59 Å². The van der Waals surface area contributed by atoms with Gasteiger partial charge in [0.05, 0.1) is 16.7 Å². The molecule has 5 heteroatoms. The fraction of sp³-hybridized carbons (Fsp3) is 0.710. The van der Waals surface area contributed by atoms with Crippen LogP contribution in [0.3, 0.4) is 0 Å². The minimum absolute atomic E-state index is 0.0628. The Kier molecular flexibility index (Phi) is 11.8. The highest BCUT2D eigenvalue weighted by atomic mass is 16.5. The van der Waals surface area contributed by atoms with E-state index in [2.05, 4.69) is 19.9 Å². The van der Waals surface area contributed by atoms with Gasteiger partial charge in [-0.05, 0) is 81.4 Å². The Hall–Kier alpha value is -2.35. The number of nitrogens with zero attached hydrogens (tertiary/aromatic N) is 1. The molecular weight excluding hydrogens is 450 g/mol. The maximum Gasteiger partial charge on any atom is 0.339 e. The van der Waals surface area contributed by atoms with Crippen LogP contribution >= 0.6 is 0 Å². The molecule has 0 radical (unpaired) electrons. The Morgan fingerprint density at radius 2 is 1.28 bits per heavy atom. The second-order valence-electron chi connectivity index (χ2n) is 11.0. The predicted octanol–water partition coefficient (Wildman–Crippen LogP) is 8.15. The molecule has 198 valence electrons. The van der Waals surface area contributed by atoms with Crippen LogP contribution in [0.2, 0.25) is 0 Å². The highest BCUT2D eigenvalue weighted by Gasteiger charge is 2.27. The Balaban J connectivity index is 1.47. The molecule has 2 saturated carbocycles. The van der Waals surface area contributed by atoms with Crippen molar-refractivity contribution in [1.82, 2.24) is 0 Å². The van der Waals surface area contributed by atoms with Crippen LogP contribution in [0.4, 0.5) is 0 Å². The Labute approximate surface area is 217 Å². The van der Waals surface area contributed by atoms with Crippen LogP contribution in [0, 0.1) is 23.2 Å². The summed E-state index contributed by atoms with van der Waals surface area (Å²) >= 11 is 0. The molecule has 0 aliphatic heterocycles. The first kappa shape index (κ1) is 28.2. The number of rotatable bonds is 12. The van der Waals surface area contributed by atoms with Crippen LogP contribution in [-0.4, -0.2) is 24.1 Å². The van der Waals surface area contributed by atoms with Crippen molar-refractivity contribution in [2.45, 2.75) is 129 Å². The zero-order valence-electron chi connectivity index (χ0n) is 22.4. The normalized spacial score (nSPS) is 24.0. The molecule has 3 rings (SSSR count). The fourth-order valence-corrected chi connectivity index (χ4v) is 5.82. The van der Waals surface area contributed by atoms with E-state index in [0.717, 1.165) is 63.2 Å². The molecule has 0 heterocycles. The highest BCUT2D eigenvalue weighted by Crippen LogP contribution is 2.32. The molecule has 2 aliphatic rings. The van der Waals surface area contributed by atoms with Crippen molar-refractivity contribution in [1.29, 1.82) is 5.26 Å². The molecule has 0 N–H and O–H groups in total. The van der Waals surface area contributed by atoms with E-state index in [4.69, 9.17) is 9.47 Å². The lowest BCUT2D eigenvalue weighted by Gasteiger charge is -2.28. The summed E-state index contributed by atoms with van der Waals surface area (Å²) in [6, 6.07) is 6.67. The molecule has 0 saturated heterocycles. The molecule has 0 amide bonds. The molecule has 0 atom stereocenters. The number of esters is 2. The summed E-state index contributed by atoms with van der Waals surface area (Å²) < 4.78 is 11.5. The van der Waals surface area contributed by atoms with Gasteiger partial charge >= 0.3 is 11.9 Å². The molecule has 2 aliphatic carbocycles. The lowest BCUT2D eigenvalue weighted by molar-refractivity contribution is 0.0147. The SMILES string of the molecule is CCCCC[C@H]1CC[C@H](OC(=O)c2ccc(C(=O)O[C@H]3CC[C@H](CCCCC)CC3)c(C#N)c2)CC1. The molecule has 36 heavy (non-hydrogen) atoms. The average molecular weight is 496 g/mol. The molecule has 5 nitrogen and oxygen atoms in total. The average Bonchev–Trinajstić information content (AvgIpc) is 2.90. The lowest BCUT2D eigenvalue weighted by Crippen LogP contribution is -2.25. The number of nitriles is 1. The van der Waals surface area contributed by atoms with E-state index in [1.54, 1.807) is 12.1 Å². The quantitative estimate of drug-likeness (QED) is 0.216. The number of ether oxygens (including phenoxy) is 2. The summed E-state index contributed by atoms with van der Waals surface area (Å²) in [7, 11) is 0. The second-order valence-corrected chi connectivity index (χ2v) is 11.0. The maximum absolute atomic E-state index is 12.8.